The Morgan fingerprint density at radius 3 is 2.14 bits per heavy atom. The third-order valence-electron chi connectivity index (χ3n) is 13.4. The maximum Gasteiger partial charge on any atom is 0.310 e. The summed E-state index contributed by atoms with van der Waals surface area (Å²) >= 11 is 0. The molecule has 9 unspecified atom stereocenters. The normalized spacial score (nSPS) is 51.1. The van der Waals surface area contributed by atoms with E-state index in [4.69, 9.17) is 0 Å². The molecule has 4 fully saturated rings. The first kappa shape index (κ1) is 26.6. The Morgan fingerprint density at radius 2 is 1.53 bits per heavy atom. The molecular formula is C30H48O6. The van der Waals surface area contributed by atoms with Gasteiger partial charge in [0.15, 0.2) is 0 Å². The van der Waals surface area contributed by atoms with Gasteiger partial charge in [-0.2, -0.15) is 0 Å². The Balaban J connectivity index is 1.62. The largest absolute Gasteiger partial charge is 0.481 e. The second-order valence-electron chi connectivity index (χ2n) is 14.8. The van der Waals surface area contributed by atoms with Crippen molar-refractivity contribution in [3.63, 3.8) is 0 Å². The molecule has 4 saturated carbocycles. The minimum Gasteiger partial charge on any atom is -0.481 e. The maximum absolute atomic E-state index is 12.8. The van der Waals surface area contributed by atoms with Crippen LogP contribution in [-0.4, -0.2) is 56.9 Å². The summed E-state index contributed by atoms with van der Waals surface area (Å²) in [6.07, 6.45) is 7.61. The van der Waals surface area contributed by atoms with Gasteiger partial charge < -0.3 is 25.5 Å². The summed E-state index contributed by atoms with van der Waals surface area (Å²) in [6, 6.07) is 0. The average Bonchev–Trinajstić information content (AvgIpc) is 2.82. The van der Waals surface area contributed by atoms with E-state index >= 15 is 0 Å². The van der Waals surface area contributed by atoms with Crippen molar-refractivity contribution in [2.75, 3.05) is 13.2 Å². The monoisotopic (exact) mass is 504 g/mol. The van der Waals surface area contributed by atoms with Crippen LogP contribution in [0.15, 0.2) is 11.6 Å². The van der Waals surface area contributed by atoms with Crippen LogP contribution >= 0.6 is 0 Å². The van der Waals surface area contributed by atoms with Gasteiger partial charge in [-0.05, 0) is 91.3 Å². The highest BCUT2D eigenvalue weighted by Gasteiger charge is 2.71. The predicted molar refractivity (Wildman–Crippen MR) is 137 cm³/mol. The first-order chi connectivity index (χ1) is 16.7. The molecule has 5 N–H and O–H groups in total. The van der Waals surface area contributed by atoms with E-state index in [0.717, 1.165) is 32.1 Å². The molecule has 5 rings (SSSR count). The van der Waals surface area contributed by atoms with Crippen LogP contribution in [0.2, 0.25) is 0 Å². The van der Waals surface area contributed by atoms with Gasteiger partial charge in [0.1, 0.15) is 0 Å². The molecule has 9 atom stereocenters. The van der Waals surface area contributed by atoms with Crippen LogP contribution < -0.4 is 0 Å². The third kappa shape index (κ3) is 2.96. The number of rotatable bonds is 3. The maximum atomic E-state index is 12.8. The van der Waals surface area contributed by atoms with Gasteiger partial charge in [-0.3, -0.25) is 4.79 Å². The second-order valence-corrected chi connectivity index (χ2v) is 14.8. The lowest BCUT2D eigenvalue weighted by molar-refractivity contribution is -0.233. The molecule has 5 aliphatic rings. The zero-order valence-electron chi connectivity index (χ0n) is 22.9. The average molecular weight is 505 g/mol. The van der Waals surface area contributed by atoms with Gasteiger partial charge in [-0.25, -0.2) is 0 Å². The molecule has 0 heterocycles. The van der Waals surface area contributed by atoms with Crippen molar-refractivity contribution in [1.82, 2.24) is 0 Å². The molecule has 0 bridgehead atoms. The van der Waals surface area contributed by atoms with Crippen molar-refractivity contribution in [2.45, 2.75) is 105 Å². The summed E-state index contributed by atoms with van der Waals surface area (Å²) in [7, 11) is 0. The standard InChI is InChI=1S/C30H48O6/c1-25(2)12-14-29(24(35)36)15-13-27(4)18(22(29)23(25)34)6-7-19-26(3)10-9-21(33)30(16-31,17-32)20(26)8-11-28(19,27)5/h6,19-23,31-34H,7-17H2,1-5H3,(H,35,36). The lowest BCUT2D eigenvalue weighted by atomic mass is 9.33. The quantitative estimate of drug-likeness (QED) is 0.369. The highest BCUT2D eigenvalue weighted by Crippen LogP contribution is 2.75. The summed E-state index contributed by atoms with van der Waals surface area (Å²) < 4.78 is 0. The third-order valence-corrected chi connectivity index (χ3v) is 13.4. The van der Waals surface area contributed by atoms with Crippen molar-refractivity contribution in [3.05, 3.63) is 11.6 Å². The lowest BCUT2D eigenvalue weighted by Crippen LogP contribution is -2.68. The van der Waals surface area contributed by atoms with E-state index in [1.54, 1.807) is 0 Å². The van der Waals surface area contributed by atoms with Crippen LogP contribution in [0.5, 0.6) is 0 Å². The van der Waals surface area contributed by atoms with Gasteiger partial charge in [0.25, 0.3) is 0 Å². The number of fused-ring (bicyclic) bond motifs is 7. The topological polar surface area (TPSA) is 118 Å². The van der Waals surface area contributed by atoms with Gasteiger partial charge >= 0.3 is 5.97 Å². The number of aliphatic hydroxyl groups excluding tert-OH is 4. The van der Waals surface area contributed by atoms with Crippen LogP contribution in [0.3, 0.4) is 0 Å². The minimum atomic E-state index is -0.900. The summed E-state index contributed by atoms with van der Waals surface area (Å²) in [5.41, 5.74) is -1.40. The number of hydrogen-bond acceptors (Lipinski definition) is 5. The van der Waals surface area contributed by atoms with Crippen LogP contribution in [0.25, 0.3) is 0 Å². The SMILES string of the molecule is CC1(C)CCC2(C(=O)O)CCC3(C)C(=CCC4C5(C)CCC(O)C(CO)(CO)C5CCC43C)C2C1O. The molecule has 204 valence electrons. The highest BCUT2D eigenvalue weighted by atomic mass is 16.4. The number of aliphatic hydroxyl groups is 4. The molecule has 0 saturated heterocycles. The van der Waals surface area contributed by atoms with Crippen LogP contribution in [-0.2, 0) is 4.79 Å². The first-order valence-corrected chi connectivity index (χ1v) is 14.2. The number of carboxylic acids is 1. The number of carbonyl (C=O) groups is 1. The van der Waals surface area contributed by atoms with Crippen molar-refractivity contribution in [2.24, 2.45) is 50.2 Å². The smallest absolute Gasteiger partial charge is 0.310 e. The van der Waals surface area contributed by atoms with E-state index < -0.39 is 29.0 Å². The van der Waals surface area contributed by atoms with Gasteiger partial charge in [-0.1, -0.05) is 46.3 Å². The summed E-state index contributed by atoms with van der Waals surface area (Å²) in [4.78, 5) is 12.8. The molecule has 0 amide bonds. The Morgan fingerprint density at radius 1 is 0.889 bits per heavy atom. The Bertz CT molecular complexity index is 953. The molecule has 6 heteroatoms. The molecule has 0 aromatic carbocycles. The summed E-state index contributed by atoms with van der Waals surface area (Å²) in [5.74, 6) is -0.803. The van der Waals surface area contributed by atoms with Crippen molar-refractivity contribution >= 4 is 5.97 Å². The van der Waals surface area contributed by atoms with E-state index in [-0.39, 0.29) is 46.7 Å². The Kier molecular flexibility index (Phi) is 5.95. The molecule has 0 radical (unpaired) electrons. The van der Waals surface area contributed by atoms with E-state index in [2.05, 4.69) is 40.7 Å². The fraction of sp³-hybridized carbons (Fsp3) is 0.900. The first-order valence-electron chi connectivity index (χ1n) is 14.2. The number of aliphatic carboxylic acids is 1. The zero-order valence-corrected chi connectivity index (χ0v) is 22.9. The fourth-order valence-electron chi connectivity index (χ4n) is 10.7. The summed E-state index contributed by atoms with van der Waals surface area (Å²) in [6.45, 7) is 10.8. The second kappa shape index (κ2) is 8.03. The highest BCUT2D eigenvalue weighted by molar-refractivity contribution is 5.77. The van der Waals surface area contributed by atoms with Crippen molar-refractivity contribution in [1.29, 1.82) is 0 Å². The van der Waals surface area contributed by atoms with Crippen LogP contribution in [0, 0.1) is 50.2 Å². The molecule has 6 nitrogen and oxygen atoms in total. The molecule has 0 aliphatic heterocycles. The van der Waals surface area contributed by atoms with Crippen LogP contribution in [0.4, 0.5) is 0 Å². The van der Waals surface area contributed by atoms with E-state index in [1.165, 1.54) is 5.57 Å². The van der Waals surface area contributed by atoms with Crippen LogP contribution in [0.1, 0.15) is 92.4 Å². The van der Waals surface area contributed by atoms with Crippen molar-refractivity contribution in [3.8, 4) is 0 Å². The minimum absolute atomic E-state index is 0.0290. The molecule has 0 spiro atoms. The van der Waals surface area contributed by atoms with E-state index in [1.807, 2.05) is 0 Å². The van der Waals surface area contributed by atoms with Gasteiger partial charge in [0.2, 0.25) is 0 Å². The number of carboxylic acid groups (broad SMARTS) is 1. The summed E-state index contributed by atoms with van der Waals surface area (Å²) in [5, 5.41) is 54.0. The van der Waals surface area contributed by atoms with Gasteiger partial charge in [-0.15, -0.1) is 0 Å². The molecule has 0 aromatic heterocycles. The molecule has 5 aliphatic carbocycles. The molecular weight excluding hydrogens is 456 g/mol. The predicted octanol–water partition coefficient (Wildman–Crippen LogP) is 4.15. The Labute approximate surface area is 216 Å². The lowest BCUT2D eigenvalue weighted by Gasteiger charge is -2.71. The number of allylic oxidation sites excluding steroid dienone is 1. The van der Waals surface area contributed by atoms with Gasteiger partial charge in [0.05, 0.1) is 30.8 Å². The fourth-order valence-corrected chi connectivity index (χ4v) is 10.7. The van der Waals surface area contributed by atoms with Gasteiger partial charge in [0, 0.05) is 11.3 Å². The zero-order chi connectivity index (χ0) is 26.5. The molecule has 0 aromatic rings. The number of hydrogen-bond donors (Lipinski definition) is 5. The Hall–Kier alpha value is -0.950. The van der Waals surface area contributed by atoms with E-state index in [9.17, 15) is 30.3 Å². The van der Waals surface area contributed by atoms with E-state index in [0.29, 0.717) is 31.6 Å². The molecule has 36 heavy (non-hydrogen) atoms. The van der Waals surface area contributed by atoms with Crippen molar-refractivity contribution < 1.29 is 30.3 Å².